The lowest BCUT2D eigenvalue weighted by molar-refractivity contribution is 0.428. The zero-order chi connectivity index (χ0) is 54.2. The molecule has 306 valence electrons. The van der Waals surface area contributed by atoms with Crippen molar-refractivity contribution in [2.75, 3.05) is 0 Å². The third-order valence-corrected chi connectivity index (χ3v) is 11.0. The highest BCUT2D eigenvalue weighted by molar-refractivity contribution is 6.10. The van der Waals surface area contributed by atoms with Gasteiger partial charge in [-0.2, -0.15) is 0 Å². The average molecular weight is 826 g/mol. The first-order valence-electron chi connectivity index (χ1n) is 27.7. The van der Waals surface area contributed by atoms with Gasteiger partial charge in [0.1, 0.15) is 17.0 Å². The smallest absolute Gasteiger partial charge is 0.144 e. The Kier molecular flexibility index (Phi) is 7.76. The number of nitrogens with zero attached hydrogens (tertiary/aromatic N) is 3. The first kappa shape index (κ1) is 26.6. The van der Waals surface area contributed by atoms with Gasteiger partial charge in [-0.05, 0) is 127 Å². The van der Waals surface area contributed by atoms with Gasteiger partial charge >= 0.3 is 0 Å². The van der Waals surface area contributed by atoms with Gasteiger partial charge in [0.25, 0.3) is 0 Å². The van der Waals surface area contributed by atoms with Gasteiger partial charge in [0.15, 0.2) is 0 Å². The SMILES string of the molecule is [2H]c1cc2c(oc3c(-c4ccc(C([2H])([2H])C([2H])([2H])c5cc(C([2H])([2H])C([2H])([2H])c6ccc(-c7ccccc7)nc6)cc(C([2H])([2H])C([2H])([2H])c6ccc(-c7ccccc7)nc6)c5)cn4)cccc32)c(C2([2H])CCCCC2)c1F. The molecule has 5 aromatic carbocycles. The Morgan fingerprint density at radius 2 is 1.00 bits per heavy atom. The monoisotopic (exact) mass is 825 g/mol. The van der Waals surface area contributed by atoms with E-state index in [0.717, 1.165) is 54.8 Å². The van der Waals surface area contributed by atoms with E-state index >= 15 is 4.39 Å². The van der Waals surface area contributed by atoms with Crippen molar-refractivity contribution in [2.45, 2.75) is 76.2 Å². The lowest BCUT2D eigenvalue weighted by Crippen LogP contribution is -2.06. The highest BCUT2D eigenvalue weighted by atomic mass is 19.1. The number of aryl methyl sites for hydroxylation is 6. The molecule has 0 bridgehead atoms. The van der Waals surface area contributed by atoms with Crippen LogP contribution >= 0.6 is 0 Å². The number of hydrogen-bond donors (Lipinski definition) is 0. The van der Waals surface area contributed by atoms with Crippen LogP contribution in [0.3, 0.4) is 0 Å². The maximum absolute atomic E-state index is 15.9. The van der Waals surface area contributed by atoms with Gasteiger partial charge in [-0.1, -0.05) is 128 Å². The summed E-state index contributed by atoms with van der Waals surface area (Å²) in [6, 6.07) is 35.8. The minimum absolute atomic E-state index is 0.0419. The summed E-state index contributed by atoms with van der Waals surface area (Å²) < 4.78 is 153. The minimum Gasteiger partial charge on any atom is -0.455 e. The number of para-hydroxylation sites is 1. The predicted octanol–water partition coefficient (Wildman–Crippen LogP) is 14.3. The number of furan rings is 1. The van der Waals surface area contributed by atoms with Crippen molar-refractivity contribution in [1.29, 1.82) is 0 Å². The number of halogens is 1. The average Bonchev–Trinajstić information content (AvgIpc) is 3.83. The van der Waals surface area contributed by atoms with E-state index in [1.165, 1.54) is 54.9 Å². The fraction of sp³-hybridized carbons (Fsp3) is 0.211. The summed E-state index contributed by atoms with van der Waals surface area (Å²) in [7, 11) is 0. The predicted molar refractivity (Wildman–Crippen MR) is 251 cm³/mol. The van der Waals surface area contributed by atoms with Gasteiger partial charge in [-0.25, -0.2) is 4.39 Å². The van der Waals surface area contributed by atoms with Crippen molar-refractivity contribution >= 4 is 21.9 Å². The van der Waals surface area contributed by atoms with Gasteiger partial charge in [-0.3, -0.25) is 15.0 Å². The highest BCUT2D eigenvalue weighted by Gasteiger charge is 2.25. The summed E-state index contributed by atoms with van der Waals surface area (Å²) in [6.45, 7) is 0. The van der Waals surface area contributed by atoms with E-state index in [2.05, 4.69) is 15.0 Å². The summed E-state index contributed by atoms with van der Waals surface area (Å²) in [5.41, 5.74) is 1.14. The molecule has 0 spiro atoms. The van der Waals surface area contributed by atoms with E-state index < -0.39 is 66.6 Å². The van der Waals surface area contributed by atoms with Crippen molar-refractivity contribution < 1.29 is 28.0 Å². The van der Waals surface area contributed by atoms with Crippen molar-refractivity contribution in [3.8, 4) is 33.8 Å². The topological polar surface area (TPSA) is 51.8 Å². The molecule has 1 fully saturated rings. The molecule has 0 N–H and O–H groups in total. The quantitative estimate of drug-likeness (QED) is 0.116. The Labute approximate surface area is 383 Å². The van der Waals surface area contributed by atoms with Crippen molar-refractivity contribution in [2.24, 2.45) is 0 Å². The van der Waals surface area contributed by atoms with Crippen LogP contribution in [0.5, 0.6) is 0 Å². The van der Waals surface area contributed by atoms with Gasteiger partial charge in [0.05, 0.1) is 18.5 Å². The molecule has 0 aliphatic heterocycles. The first-order chi connectivity index (χ1) is 35.9. The third-order valence-electron chi connectivity index (χ3n) is 11.0. The lowest BCUT2D eigenvalue weighted by Gasteiger charge is -2.22. The molecule has 1 aliphatic carbocycles. The van der Waals surface area contributed by atoms with Crippen LogP contribution in [-0.4, -0.2) is 15.0 Å². The largest absolute Gasteiger partial charge is 0.455 e. The number of rotatable bonds is 13. The van der Waals surface area contributed by atoms with E-state index in [1.807, 2.05) is 60.7 Å². The molecule has 5 heteroatoms. The first-order valence-corrected chi connectivity index (χ1v) is 20.7. The van der Waals surface area contributed by atoms with E-state index in [1.54, 1.807) is 18.2 Å². The van der Waals surface area contributed by atoms with Gasteiger partial charge in [-0.15, -0.1) is 0 Å². The van der Waals surface area contributed by atoms with Crippen LogP contribution in [0, 0.1) is 5.82 Å². The number of fused-ring (bicyclic) bond motifs is 3. The summed E-state index contributed by atoms with van der Waals surface area (Å²) >= 11 is 0. The molecule has 9 aromatic rings. The van der Waals surface area contributed by atoms with Crippen LogP contribution in [0.2, 0.25) is 0 Å². The number of aromatic nitrogens is 3. The summed E-state index contributed by atoms with van der Waals surface area (Å²) in [5.74, 6) is -2.10. The van der Waals surface area contributed by atoms with Crippen LogP contribution in [0.15, 0.2) is 169 Å². The van der Waals surface area contributed by atoms with Crippen molar-refractivity contribution in [3.05, 3.63) is 209 Å². The maximum Gasteiger partial charge on any atom is 0.144 e. The molecular weight excluding hydrogens is 762 g/mol. The Balaban J connectivity index is 1.05. The van der Waals surface area contributed by atoms with Crippen molar-refractivity contribution in [1.82, 2.24) is 15.0 Å². The normalized spacial score (nSPS) is 18.5. The van der Waals surface area contributed by atoms with E-state index in [4.69, 9.17) is 5.79 Å². The Bertz CT molecular complexity index is 3480. The molecule has 4 heterocycles. The zero-order valence-corrected chi connectivity index (χ0v) is 33.7. The molecule has 0 radical (unpaired) electrons. The summed E-state index contributed by atoms with van der Waals surface area (Å²) in [5, 5.41) is 1.01. The zero-order valence-electron chi connectivity index (χ0n) is 47.7. The molecule has 4 aromatic heterocycles. The second-order valence-electron chi connectivity index (χ2n) is 15.2. The number of benzene rings is 5. The highest BCUT2D eigenvalue weighted by Crippen LogP contribution is 2.43. The molecule has 0 saturated heterocycles. The maximum atomic E-state index is 15.9. The number of pyridine rings is 3. The molecule has 62 heavy (non-hydrogen) atoms. The molecule has 10 rings (SSSR count). The van der Waals surface area contributed by atoms with Crippen LogP contribution in [-0.2, 0) is 38.2 Å². The van der Waals surface area contributed by atoms with E-state index in [0.29, 0.717) is 46.1 Å². The van der Waals surface area contributed by atoms with Crippen molar-refractivity contribution in [3.63, 3.8) is 0 Å². The molecule has 0 amide bonds. The third kappa shape index (κ3) is 8.71. The molecule has 4 nitrogen and oxygen atoms in total. The molecule has 0 unspecified atom stereocenters. The fourth-order valence-electron chi connectivity index (χ4n) is 7.92. The summed E-state index contributed by atoms with van der Waals surface area (Å²) in [4.78, 5) is 13.4. The molecule has 1 saturated carbocycles. The van der Waals surface area contributed by atoms with E-state index in [9.17, 15) is 17.8 Å². The van der Waals surface area contributed by atoms with Gasteiger partial charge in [0, 0.05) is 69.4 Å². The Morgan fingerprint density at radius 3 is 1.50 bits per heavy atom. The number of hydrogen-bond acceptors (Lipinski definition) is 4. The summed E-state index contributed by atoms with van der Waals surface area (Å²) in [6.07, 6.45) is -11.6. The van der Waals surface area contributed by atoms with Crippen LogP contribution in [0.25, 0.3) is 55.7 Å². The molecule has 1 aliphatic rings. The second-order valence-corrected chi connectivity index (χ2v) is 15.2. The van der Waals surface area contributed by atoms with Crippen LogP contribution in [0.1, 0.15) is 96.1 Å². The molecular formula is C57H50FN3O. The minimum atomic E-state index is -3.16. The van der Waals surface area contributed by atoms with Crippen LogP contribution < -0.4 is 0 Å². The van der Waals surface area contributed by atoms with Crippen LogP contribution in [0.4, 0.5) is 4.39 Å². The lowest BCUT2D eigenvalue weighted by atomic mass is 9.83. The van der Waals surface area contributed by atoms with Gasteiger partial charge < -0.3 is 4.42 Å². The second kappa shape index (κ2) is 18.1. The Hall–Kier alpha value is -6.72. The van der Waals surface area contributed by atoms with E-state index in [-0.39, 0.29) is 39.6 Å². The molecule has 0 atom stereocenters. The van der Waals surface area contributed by atoms with Gasteiger partial charge in [0.2, 0.25) is 0 Å². The Morgan fingerprint density at radius 1 is 0.516 bits per heavy atom. The standard InChI is InChI=1S/C57H50FN3O/c58-51-29-28-49-48-17-10-18-50(56(48)62-57(49)55(51)47-15-8-3-9-16-47)54-32-27-41(38-61-54)21-24-44-34-42(22-19-39-25-30-52(59-36-39)45-11-4-1-5-12-45)33-43(35-44)23-20-40-26-31-53(60-37-40)46-13-6-2-7-14-46/h1-2,4-7,10-14,17-18,25-38,47H,3,8-9,15-16,19-24H2/i19D2,20D2,21D2,22D2,23D2,24D2,29D,47D. The fourth-order valence-corrected chi connectivity index (χ4v) is 7.92.